The van der Waals surface area contributed by atoms with E-state index in [1.54, 1.807) is 0 Å². The Labute approximate surface area is 284 Å². The van der Waals surface area contributed by atoms with Gasteiger partial charge in [0.05, 0.1) is 0 Å². The van der Waals surface area contributed by atoms with E-state index in [2.05, 4.69) is 176 Å². The third-order valence-electron chi connectivity index (χ3n) is 10.4. The van der Waals surface area contributed by atoms with Gasteiger partial charge in [-0.3, -0.25) is 0 Å². The molecule has 0 aliphatic heterocycles. The molecule has 1 aliphatic rings. The van der Waals surface area contributed by atoms with Gasteiger partial charge in [0.1, 0.15) is 11.2 Å². The lowest BCUT2D eigenvalue weighted by atomic mass is 9.80. The second-order valence-electron chi connectivity index (χ2n) is 13.2. The van der Waals surface area contributed by atoms with Crippen LogP contribution in [0.5, 0.6) is 0 Å². The summed E-state index contributed by atoms with van der Waals surface area (Å²) in [7, 11) is 0. The molecule has 10 rings (SSSR count). The molecule has 0 saturated carbocycles. The molecule has 1 heterocycles. The molecule has 0 radical (unpaired) electrons. The fourth-order valence-electron chi connectivity index (χ4n) is 8.17. The van der Waals surface area contributed by atoms with E-state index >= 15 is 0 Å². The Morgan fingerprint density at radius 1 is 0.429 bits per heavy atom. The second kappa shape index (κ2) is 11.2. The molecule has 1 heteroatoms. The van der Waals surface area contributed by atoms with Crippen LogP contribution in [0.1, 0.15) is 17.9 Å². The van der Waals surface area contributed by atoms with E-state index in [-0.39, 0.29) is 5.92 Å². The molecule has 0 amide bonds. The first-order chi connectivity index (χ1) is 24.3. The first-order valence-electron chi connectivity index (χ1n) is 17.1. The van der Waals surface area contributed by atoms with Crippen LogP contribution >= 0.6 is 0 Å². The van der Waals surface area contributed by atoms with Crippen LogP contribution in [0.15, 0.2) is 168 Å². The fourth-order valence-corrected chi connectivity index (χ4v) is 8.17. The van der Waals surface area contributed by atoms with Crippen LogP contribution < -0.4 is 10.4 Å². The van der Waals surface area contributed by atoms with Gasteiger partial charge in [0, 0.05) is 16.7 Å². The van der Waals surface area contributed by atoms with E-state index in [0.717, 1.165) is 28.4 Å². The molecule has 0 fully saturated rings. The molecule has 1 nitrogen and oxygen atoms in total. The molecule has 1 atom stereocenters. The van der Waals surface area contributed by atoms with Crippen LogP contribution in [0.2, 0.25) is 0 Å². The van der Waals surface area contributed by atoms with Crippen molar-refractivity contribution >= 4 is 55.6 Å². The summed E-state index contributed by atoms with van der Waals surface area (Å²) < 4.78 is 6.37. The average molecular weight is 625 g/mol. The number of hydrogen-bond donors (Lipinski definition) is 0. The lowest BCUT2D eigenvalue weighted by molar-refractivity contribution is 0.669. The predicted octanol–water partition coefficient (Wildman–Crippen LogP) is 11.6. The molecule has 9 aromatic rings. The largest absolute Gasteiger partial charge is 0.456 e. The van der Waals surface area contributed by atoms with Gasteiger partial charge in [0.15, 0.2) is 0 Å². The molecule has 0 saturated heterocycles. The molecule has 0 spiro atoms. The molecule has 49 heavy (non-hydrogen) atoms. The first kappa shape index (κ1) is 27.9. The molecule has 1 aliphatic carbocycles. The van der Waals surface area contributed by atoms with E-state index in [0.29, 0.717) is 0 Å². The monoisotopic (exact) mass is 624 g/mol. The Morgan fingerprint density at radius 2 is 1.00 bits per heavy atom. The lowest BCUT2D eigenvalue weighted by Gasteiger charge is -2.23. The van der Waals surface area contributed by atoms with Crippen LogP contribution in [0.25, 0.3) is 89.0 Å². The minimum Gasteiger partial charge on any atom is -0.456 e. The number of rotatable bonds is 4. The lowest BCUT2D eigenvalue weighted by Crippen LogP contribution is -2.30. The van der Waals surface area contributed by atoms with E-state index in [9.17, 15) is 0 Å². The SMILES string of the molecule is C1=c2cccc(-c3ccccc3)c2=CCC1c1c2ccccc2c(-c2ccc3oc4ccc(-c5ccccc5)cc4c3c2)c2ccccc12. The second-order valence-corrected chi connectivity index (χ2v) is 13.2. The van der Waals surface area contributed by atoms with Gasteiger partial charge in [-0.15, -0.1) is 0 Å². The third-order valence-corrected chi connectivity index (χ3v) is 10.4. The van der Waals surface area contributed by atoms with Crippen LogP contribution in [0, 0.1) is 0 Å². The van der Waals surface area contributed by atoms with E-state index in [1.807, 2.05) is 0 Å². The van der Waals surface area contributed by atoms with Crippen molar-refractivity contribution in [2.24, 2.45) is 0 Å². The molecule has 1 aromatic heterocycles. The standard InChI is InChI=1S/C48H32O/c1-3-12-31(13-4-1)33-23-26-45-43(29-33)44-30-36(24-27-46(44)49-45)48-41-19-9-7-17-39(41)47(40-18-8-10-20-42(40)48)35-22-25-38-34(28-35)16-11-21-37(38)32-14-5-2-6-15-32/h1-21,23-30,35H,22H2. The zero-order valence-corrected chi connectivity index (χ0v) is 26.9. The van der Waals surface area contributed by atoms with Gasteiger partial charge in [-0.05, 0) is 102 Å². The minimum absolute atomic E-state index is 0.263. The Kier molecular flexibility index (Phi) is 6.38. The van der Waals surface area contributed by atoms with Gasteiger partial charge >= 0.3 is 0 Å². The maximum absolute atomic E-state index is 6.37. The van der Waals surface area contributed by atoms with Crippen LogP contribution in [0.3, 0.4) is 0 Å². The Balaban J connectivity index is 1.18. The zero-order chi connectivity index (χ0) is 32.3. The van der Waals surface area contributed by atoms with E-state index in [1.165, 1.54) is 70.9 Å². The quantitative estimate of drug-likeness (QED) is 0.178. The van der Waals surface area contributed by atoms with Gasteiger partial charge in [-0.1, -0.05) is 152 Å². The zero-order valence-electron chi connectivity index (χ0n) is 26.9. The highest BCUT2D eigenvalue weighted by molar-refractivity contribution is 6.17. The van der Waals surface area contributed by atoms with Crippen molar-refractivity contribution in [1.29, 1.82) is 0 Å². The number of furan rings is 1. The van der Waals surface area contributed by atoms with Crippen LogP contribution in [-0.4, -0.2) is 0 Å². The topological polar surface area (TPSA) is 13.1 Å². The molecule has 0 bridgehead atoms. The average Bonchev–Trinajstić information content (AvgIpc) is 3.54. The van der Waals surface area contributed by atoms with Crippen molar-refractivity contribution < 1.29 is 4.42 Å². The van der Waals surface area contributed by atoms with Gasteiger partial charge in [0.2, 0.25) is 0 Å². The van der Waals surface area contributed by atoms with Gasteiger partial charge < -0.3 is 4.42 Å². The van der Waals surface area contributed by atoms with Crippen molar-refractivity contribution in [3.8, 4) is 33.4 Å². The third kappa shape index (κ3) is 4.54. The van der Waals surface area contributed by atoms with E-state index < -0.39 is 0 Å². The molecule has 0 N–H and O–H groups in total. The maximum atomic E-state index is 6.37. The van der Waals surface area contributed by atoms with Gasteiger partial charge in [-0.25, -0.2) is 0 Å². The summed E-state index contributed by atoms with van der Waals surface area (Å²) >= 11 is 0. The Bertz CT molecular complexity index is 2780. The van der Waals surface area contributed by atoms with E-state index in [4.69, 9.17) is 4.42 Å². The highest BCUT2D eigenvalue weighted by atomic mass is 16.3. The Hall–Kier alpha value is -6.18. The molecular weight excluding hydrogens is 593 g/mol. The van der Waals surface area contributed by atoms with Crippen LogP contribution in [0.4, 0.5) is 0 Å². The predicted molar refractivity (Wildman–Crippen MR) is 207 cm³/mol. The van der Waals surface area contributed by atoms with Crippen molar-refractivity contribution in [1.82, 2.24) is 0 Å². The van der Waals surface area contributed by atoms with Crippen molar-refractivity contribution in [3.05, 3.63) is 180 Å². The van der Waals surface area contributed by atoms with Gasteiger partial charge in [-0.2, -0.15) is 0 Å². The molecular formula is C48H32O. The van der Waals surface area contributed by atoms with Crippen LogP contribution in [-0.2, 0) is 0 Å². The molecule has 230 valence electrons. The summed E-state index contributed by atoms with van der Waals surface area (Å²) in [5.41, 5.74) is 10.7. The summed E-state index contributed by atoms with van der Waals surface area (Å²) in [5, 5.41) is 10.1. The van der Waals surface area contributed by atoms with Gasteiger partial charge in [0.25, 0.3) is 0 Å². The molecule has 8 aromatic carbocycles. The fraction of sp³-hybridized carbons (Fsp3) is 0.0417. The summed E-state index contributed by atoms with van der Waals surface area (Å²) in [4.78, 5) is 0. The Morgan fingerprint density at radius 3 is 1.67 bits per heavy atom. The summed E-state index contributed by atoms with van der Waals surface area (Å²) in [6, 6.07) is 59.3. The highest BCUT2D eigenvalue weighted by Crippen LogP contribution is 2.45. The number of hydrogen-bond acceptors (Lipinski definition) is 1. The minimum atomic E-state index is 0.263. The number of fused-ring (bicyclic) bond motifs is 6. The number of benzene rings is 8. The highest BCUT2D eigenvalue weighted by Gasteiger charge is 2.22. The van der Waals surface area contributed by atoms with Crippen molar-refractivity contribution in [2.45, 2.75) is 12.3 Å². The molecule has 1 unspecified atom stereocenters. The van der Waals surface area contributed by atoms with Crippen molar-refractivity contribution in [3.63, 3.8) is 0 Å². The first-order valence-corrected chi connectivity index (χ1v) is 17.1. The normalized spacial score (nSPS) is 14.2. The van der Waals surface area contributed by atoms with Crippen molar-refractivity contribution in [2.75, 3.05) is 0 Å². The maximum Gasteiger partial charge on any atom is 0.135 e. The smallest absolute Gasteiger partial charge is 0.135 e. The summed E-state index contributed by atoms with van der Waals surface area (Å²) in [6.07, 6.45) is 5.92. The summed E-state index contributed by atoms with van der Waals surface area (Å²) in [6.45, 7) is 0. The summed E-state index contributed by atoms with van der Waals surface area (Å²) in [5.74, 6) is 0.263.